The number of hydrogen-bond donors (Lipinski definition) is 0. The first-order valence-electron chi connectivity index (χ1n) is 10.0. The molecule has 1 heterocycles. The molecule has 0 aliphatic rings. The average Bonchev–Trinajstić information content (AvgIpc) is 3.20. The quantitative estimate of drug-likeness (QED) is 0.350. The Kier molecular flexibility index (Phi) is 5.11. The van der Waals surface area contributed by atoms with Crippen molar-refractivity contribution in [2.24, 2.45) is 0 Å². The van der Waals surface area contributed by atoms with E-state index in [2.05, 4.69) is 0 Å². The monoisotopic (exact) mass is 475 g/mol. The summed E-state index contributed by atoms with van der Waals surface area (Å²) in [6.45, 7) is 1.85. The summed E-state index contributed by atoms with van der Waals surface area (Å²) in [5, 5.41) is 1.03. The summed E-state index contributed by atoms with van der Waals surface area (Å²) in [5.41, 5.74) is 1.64. The number of nitrogens with zero attached hydrogens (tertiary/aromatic N) is 1. The molecule has 0 saturated heterocycles. The van der Waals surface area contributed by atoms with Gasteiger partial charge in [-0.05, 0) is 37.3 Å². The highest BCUT2D eigenvalue weighted by molar-refractivity contribution is 7.93. The van der Waals surface area contributed by atoms with Gasteiger partial charge in [0.1, 0.15) is 0 Å². The van der Waals surface area contributed by atoms with Gasteiger partial charge in [-0.25, -0.2) is 13.2 Å². The third-order valence-corrected chi connectivity index (χ3v) is 7.79. The Balaban J connectivity index is 1.85. The second kappa shape index (κ2) is 7.99. The molecule has 0 aliphatic carbocycles. The van der Waals surface area contributed by atoms with Crippen LogP contribution in [0.3, 0.4) is 0 Å². The van der Waals surface area contributed by atoms with Crippen LogP contribution in [0.2, 0.25) is 0 Å². The summed E-state index contributed by atoms with van der Waals surface area (Å²) in [6, 6.07) is 23.0. The number of amides is 1. The van der Waals surface area contributed by atoms with E-state index in [-0.39, 0.29) is 16.1 Å². The zero-order valence-corrected chi connectivity index (χ0v) is 19.0. The molecule has 5 rings (SSSR count). The molecule has 0 fully saturated rings. The molecule has 0 aliphatic heterocycles. The fourth-order valence-corrected chi connectivity index (χ4v) is 5.85. The van der Waals surface area contributed by atoms with Crippen molar-refractivity contribution in [1.82, 2.24) is 0 Å². The maximum absolute atomic E-state index is 13.9. The second-order valence-corrected chi connectivity index (χ2v) is 10.2. The number of aryl methyl sites for hydroxylation is 1. The van der Waals surface area contributed by atoms with Gasteiger partial charge in [-0.2, -0.15) is 4.31 Å². The van der Waals surface area contributed by atoms with Gasteiger partial charge in [-0.3, -0.25) is 4.79 Å². The van der Waals surface area contributed by atoms with Crippen LogP contribution in [0, 0.1) is 6.92 Å². The molecule has 5 aromatic rings. The Morgan fingerprint density at radius 3 is 2.21 bits per heavy atom. The second-order valence-electron chi connectivity index (χ2n) is 7.48. The van der Waals surface area contributed by atoms with Crippen molar-refractivity contribution in [2.45, 2.75) is 11.8 Å². The number of hydrogen-bond acceptors (Lipinski definition) is 6. The van der Waals surface area contributed by atoms with Crippen molar-refractivity contribution in [1.29, 1.82) is 0 Å². The lowest BCUT2D eigenvalue weighted by Gasteiger charge is -2.24. The van der Waals surface area contributed by atoms with Crippen LogP contribution in [0.1, 0.15) is 15.9 Å². The summed E-state index contributed by atoms with van der Waals surface area (Å²) in [4.78, 5) is 25.1. The van der Waals surface area contributed by atoms with Crippen LogP contribution in [0.25, 0.3) is 21.1 Å². The van der Waals surface area contributed by atoms with E-state index in [1.54, 1.807) is 66.7 Å². The molecule has 164 valence electrons. The molecule has 6 nitrogen and oxygen atoms in total. The summed E-state index contributed by atoms with van der Waals surface area (Å²) in [5.74, 6) is -0.698. The van der Waals surface area contributed by atoms with E-state index in [0.717, 1.165) is 21.2 Å². The van der Waals surface area contributed by atoms with Crippen LogP contribution in [-0.4, -0.2) is 14.3 Å². The van der Waals surface area contributed by atoms with Crippen molar-refractivity contribution < 1.29 is 17.6 Å². The Bertz CT molecular complexity index is 1670. The summed E-state index contributed by atoms with van der Waals surface area (Å²) < 4.78 is 34.4. The summed E-state index contributed by atoms with van der Waals surface area (Å²) >= 11 is 0.859. The van der Waals surface area contributed by atoms with E-state index in [1.165, 1.54) is 18.2 Å². The number of anilines is 1. The van der Waals surface area contributed by atoms with Gasteiger partial charge in [-0.15, -0.1) is 0 Å². The molecule has 0 unspecified atom stereocenters. The summed E-state index contributed by atoms with van der Waals surface area (Å²) in [6.07, 6.45) is 0. The van der Waals surface area contributed by atoms with Crippen LogP contribution in [-0.2, 0) is 10.0 Å². The van der Waals surface area contributed by atoms with Gasteiger partial charge in [0.05, 0.1) is 15.3 Å². The fourth-order valence-electron chi connectivity index (χ4n) is 3.71. The minimum absolute atomic E-state index is 0.0121. The molecule has 1 amide bonds. The number of carbonyl (C=O) groups is 1. The van der Waals surface area contributed by atoms with Crippen molar-refractivity contribution >= 4 is 54.0 Å². The molecule has 33 heavy (non-hydrogen) atoms. The number of sulfonamides is 1. The lowest BCUT2D eigenvalue weighted by Crippen LogP contribution is -2.37. The highest BCUT2D eigenvalue weighted by Crippen LogP contribution is 2.38. The van der Waals surface area contributed by atoms with E-state index < -0.39 is 20.9 Å². The third kappa shape index (κ3) is 3.63. The van der Waals surface area contributed by atoms with E-state index in [1.807, 2.05) is 6.92 Å². The van der Waals surface area contributed by atoms with Crippen molar-refractivity contribution in [2.75, 3.05) is 4.31 Å². The molecular weight excluding hydrogens is 458 g/mol. The van der Waals surface area contributed by atoms with Crippen LogP contribution in [0.15, 0.2) is 99.0 Å². The van der Waals surface area contributed by atoms with E-state index in [0.29, 0.717) is 21.1 Å². The zero-order valence-electron chi connectivity index (χ0n) is 17.4. The van der Waals surface area contributed by atoms with E-state index in [4.69, 9.17) is 4.42 Å². The van der Waals surface area contributed by atoms with Gasteiger partial charge in [0.25, 0.3) is 15.9 Å². The lowest BCUT2D eigenvalue weighted by atomic mass is 10.1. The van der Waals surface area contributed by atoms with Gasteiger partial charge in [0.2, 0.25) is 0 Å². The maximum atomic E-state index is 13.9. The SMILES string of the molecule is Cc1ccc(S(=O)(=O)N(C(=O)c2ccccc2)c2cc3sc(=O)oc3c3ccccc23)cc1. The first-order chi connectivity index (χ1) is 15.9. The minimum atomic E-state index is -4.29. The maximum Gasteiger partial charge on any atom is 0.396 e. The molecule has 0 N–H and O–H groups in total. The zero-order chi connectivity index (χ0) is 23.2. The Morgan fingerprint density at radius 1 is 0.879 bits per heavy atom. The molecule has 0 saturated carbocycles. The number of fused-ring (bicyclic) bond motifs is 3. The van der Waals surface area contributed by atoms with E-state index >= 15 is 0 Å². The van der Waals surface area contributed by atoms with Crippen LogP contribution >= 0.6 is 11.3 Å². The molecule has 8 heteroatoms. The van der Waals surface area contributed by atoms with Gasteiger partial charge in [-0.1, -0.05) is 71.5 Å². The topological polar surface area (TPSA) is 84.7 Å². The third-order valence-electron chi connectivity index (χ3n) is 5.30. The predicted octanol–water partition coefficient (Wildman–Crippen LogP) is 5.35. The molecular formula is C25H17NO5S2. The standard InChI is InChI=1S/C25H17NO5S2/c1-16-11-13-18(14-12-16)33(29,30)26(24(27)17-7-3-2-4-8-17)21-15-22-23(31-25(28)32-22)20-10-6-5-9-19(20)21/h2-15H,1H3. The highest BCUT2D eigenvalue weighted by Gasteiger charge is 2.33. The average molecular weight is 476 g/mol. The van der Waals surface area contributed by atoms with Gasteiger partial charge >= 0.3 is 4.94 Å². The number of benzene rings is 4. The first-order valence-corrected chi connectivity index (χ1v) is 12.3. The molecule has 0 radical (unpaired) electrons. The van der Waals surface area contributed by atoms with Gasteiger partial charge < -0.3 is 4.42 Å². The van der Waals surface area contributed by atoms with Crippen LogP contribution < -0.4 is 9.24 Å². The van der Waals surface area contributed by atoms with Gasteiger partial charge in [0, 0.05) is 16.3 Å². The molecule has 4 aromatic carbocycles. The van der Waals surface area contributed by atoms with Crippen LogP contribution in [0.5, 0.6) is 0 Å². The largest absolute Gasteiger partial charge is 0.413 e. The van der Waals surface area contributed by atoms with Crippen molar-refractivity contribution in [3.63, 3.8) is 0 Å². The summed E-state index contributed by atoms with van der Waals surface area (Å²) in [7, 11) is -4.29. The van der Waals surface area contributed by atoms with Crippen molar-refractivity contribution in [3.8, 4) is 0 Å². The number of carbonyl (C=O) groups excluding carboxylic acids is 1. The smallest absolute Gasteiger partial charge is 0.396 e. The fraction of sp³-hybridized carbons (Fsp3) is 0.0400. The predicted molar refractivity (Wildman–Crippen MR) is 129 cm³/mol. The van der Waals surface area contributed by atoms with E-state index in [9.17, 15) is 18.0 Å². The molecule has 1 aromatic heterocycles. The normalized spacial score (nSPS) is 11.7. The van der Waals surface area contributed by atoms with Crippen LogP contribution in [0.4, 0.5) is 5.69 Å². The van der Waals surface area contributed by atoms with Gasteiger partial charge in [0.15, 0.2) is 5.58 Å². The Hall–Kier alpha value is -3.75. The number of rotatable bonds is 4. The first kappa shape index (κ1) is 21.1. The Labute approximate surface area is 193 Å². The Morgan fingerprint density at radius 2 is 1.52 bits per heavy atom. The molecule has 0 spiro atoms. The van der Waals surface area contributed by atoms with Crippen molar-refractivity contribution in [3.05, 3.63) is 106 Å². The minimum Gasteiger partial charge on any atom is -0.413 e. The highest BCUT2D eigenvalue weighted by atomic mass is 32.2. The molecule has 0 atom stereocenters. The molecule has 0 bridgehead atoms. The lowest BCUT2D eigenvalue weighted by molar-refractivity contribution is 0.101.